The van der Waals surface area contributed by atoms with Gasteiger partial charge in [0.05, 0.1) is 30.4 Å². The van der Waals surface area contributed by atoms with E-state index >= 15 is 0 Å². The molecule has 5 rings (SSSR count). The Labute approximate surface area is 261 Å². The zero-order chi connectivity index (χ0) is 31.3. The van der Waals surface area contributed by atoms with Crippen LogP contribution in [0.25, 0.3) is 0 Å². The van der Waals surface area contributed by atoms with Gasteiger partial charge in [-0.1, -0.05) is 62.9 Å². The molecule has 2 heterocycles. The number of rotatable bonds is 11. The number of hydrogen-bond donors (Lipinski definition) is 5. The number of aliphatic hydroxyl groups excluding tert-OH is 3. The van der Waals surface area contributed by atoms with Crippen molar-refractivity contribution in [1.29, 1.82) is 0 Å². The van der Waals surface area contributed by atoms with Crippen molar-refractivity contribution in [3.8, 4) is 5.75 Å². The Morgan fingerprint density at radius 2 is 1.73 bits per heavy atom. The first-order valence-electron chi connectivity index (χ1n) is 16.5. The van der Waals surface area contributed by atoms with Crippen molar-refractivity contribution in [2.75, 3.05) is 26.7 Å². The second kappa shape index (κ2) is 14.7. The minimum Gasteiger partial charge on any atom is -0.496 e. The van der Waals surface area contributed by atoms with Crippen molar-refractivity contribution in [1.82, 2.24) is 15.1 Å². The van der Waals surface area contributed by atoms with Crippen molar-refractivity contribution in [2.45, 2.75) is 108 Å². The summed E-state index contributed by atoms with van der Waals surface area (Å²) in [5.74, 6) is -0.235. The van der Waals surface area contributed by atoms with Crippen molar-refractivity contribution in [2.24, 2.45) is 5.92 Å². The SMILES string of the molecule is CCCCN1[C@H](O)[C@@H]([C@H](O)C2CCCCC2)N[C@H](O)C12CCN(Cc1ccc(Cc3ccc(C(=O)O)cc3OC)cc1)CC2. The number of hydrogen-bond acceptors (Lipinski definition) is 8. The van der Waals surface area contributed by atoms with Gasteiger partial charge < -0.3 is 25.2 Å². The largest absolute Gasteiger partial charge is 0.496 e. The number of ether oxygens (including phenoxy) is 1. The molecule has 2 aliphatic heterocycles. The van der Waals surface area contributed by atoms with Gasteiger partial charge in [-0.05, 0) is 66.8 Å². The number of nitrogens with one attached hydrogen (secondary N) is 1. The van der Waals surface area contributed by atoms with Crippen molar-refractivity contribution < 1.29 is 30.0 Å². The maximum Gasteiger partial charge on any atom is 0.335 e. The second-order valence-electron chi connectivity index (χ2n) is 13.1. The van der Waals surface area contributed by atoms with Gasteiger partial charge in [-0.3, -0.25) is 15.1 Å². The number of piperazine rings is 1. The van der Waals surface area contributed by atoms with E-state index in [-0.39, 0.29) is 11.5 Å². The van der Waals surface area contributed by atoms with Crippen LogP contribution < -0.4 is 10.1 Å². The van der Waals surface area contributed by atoms with Crippen LogP contribution >= 0.6 is 0 Å². The normalized spacial score (nSPS) is 25.6. The van der Waals surface area contributed by atoms with E-state index in [0.717, 1.165) is 82.1 Å². The van der Waals surface area contributed by atoms with E-state index in [1.807, 2.05) is 6.07 Å². The Balaban J connectivity index is 1.21. The molecule has 242 valence electrons. The van der Waals surface area contributed by atoms with Crippen LogP contribution in [-0.4, -0.2) is 93.1 Å². The van der Waals surface area contributed by atoms with Crippen LogP contribution in [0, 0.1) is 5.92 Å². The highest BCUT2D eigenvalue weighted by Crippen LogP contribution is 2.39. The number of methoxy groups -OCH3 is 1. The molecule has 2 saturated heterocycles. The van der Waals surface area contributed by atoms with Crippen LogP contribution in [0.15, 0.2) is 42.5 Å². The molecular weight excluding hydrogens is 558 g/mol. The Hall–Kier alpha value is -2.53. The quantitative estimate of drug-likeness (QED) is 0.257. The number of unbranched alkanes of at least 4 members (excludes halogenated alkanes) is 1. The van der Waals surface area contributed by atoms with Crippen molar-refractivity contribution >= 4 is 5.97 Å². The number of carbonyl (C=O) groups is 1. The first kappa shape index (κ1) is 32.9. The molecule has 2 aromatic rings. The minimum atomic E-state index is -0.973. The second-order valence-corrected chi connectivity index (χ2v) is 13.1. The average Bonchev–Trinajstić information content (AvgIpc) is 3.05. The maximum absolute atomic E-state index is 11.6. The summed E-state index contributed by atoms with van der Waals surface area (Å²) < 4.78 is 5.44. The lowest BCUT2D eigenvalue weighted by Crippen LogP contribution is -2.78. The minimum absolute atomic E-state index is 0.165. The molecule has 1 saturated carbocycles. The van der Waals surface area contributed by atoms with Crippen LogP contribution in [0.2, 0.25) is 0 Å². The number of nitrogens with zero attached hydrogens (tertiary/aromatic N) is 2. The Bertz CT molecular complexity index is 1230. The summed E-state index contributed by atoms with van der Waals surface area (Å²) in [6.07, 6.45) is 7.13. The van der Waals surface area contributed by atoms with E-state index in [0.29, 0.717) is 18.7 Å². The zero-order valence-electron chi connectivity index (χ0n) is 26.3. The fraction of sp³-hybridized carbons (Fsp3) is 0.629. The molecule has 2 aromatic carbocycles. The number of aliphatic hydroxyl groups is 3. The molecule has 1 spiro atoms. The molecule has 4 atom stereocenters. The number of carboxylic acid groups (broad SMARTS) is 1. The molecule has 5 N–H and O–H groups in total. The van der Waals surface area contributed by atoms with Gasteiger partial charge in [-0.2, -0.15) is 0 Å². The Morgan fingerprint density at radius 3 is 2.36 bits per heavy atom. The van der Waals surface area contributed by atoms with Gasteiger partial charge >= 0.3 is 5.97 Å². The van der Waals surface area contributed by atoms with Crippen LogP contribution in [0.3, 0.4) is 0 Å². The monoisotopic (exact) mass is 609 g/mol. The number of aromatic carboxylic acids is 1. The molecule has 1 aliphatic carbocycles. The summed E-state index contributed by atoms with van der Waals surface area (Å²) in [5.41, 5.74) is 2.91. The third-order valence-electron chi connectivity index (χ3n) is 10.4. The standard InChI is InChI=1S/C35H51N3O6/c1-3-4-18-38-32(40)30(31(39)26-8-6-5-7-9-26)36-34(43)35(38)16-19-37(20-17-35)23-25-12-10-24(11-13-25)21-27-14-15-28(33(41)42)22-29(27)44-2/h10-15,22,26,30-32,34,36,39-40,43H,3-9,16-21,23H2,1-2H3,(H,41,42)/t30-,31-,32-,34-/m1/s1. The molecule has 0 aromatic heterocycles. The number of piperidine rings is 1. The lowest BCUT2D eigenvalue weighted by atomic mass is 9.77. The highest BCUT2D eigenvalue weighted by Gasteiger charge is 2.55. The molecule has 9 nitrogen and oxygen atoms in total. The smallest absolute Gasteiger partial charge is 0.335 e. The van der Waals surface area contributed by atoms with Crippen molar-refractivity contribution in [3.63, 3.8) is 0 Å². The van der Waals surface area contributed by atoms with E-state index in [4.69, 9.17) is 4.74 Å². The number of likely N-dealkylation sites (tertiary alicyclic amines) is 1. The fourth-order valence-corrected chi connectivity index (χ4v) is 7.69. The highest BCUT2D eigenvalue weighted by molar-refractivity contribution is 5.88. The topological polar surface area (TPSA) is 126 Å². The maximum atomic E-state index is 11.6. The summed E-state index contributed by atoms with van der Waals surface area (Å²) in [7, 11) is 1.56. The third kappa shape index (κ3) is 7.14. The molecule has 0 amide bonds. The summed E-state index contributed by atoms with van der Waals surface area (Å²) >= 11 is 0. The van der Waals surface area contributed by atoms with E-state index in [1.165, 1.54) is 12.0 Å². The van der Waals surface area contributed by atoms with Crippen LogP contribution in [0.1, 0.15) is 91.8 Å². The van der Waals surface area contributed by atoms with Gasteiger partial charge in [0.15, 0.2) is 0 Å². The molecular formula is C35H51N3O6. The molecule has 0 unspecified atom stereocenters. The average molecular weight is 610 g/mol. The molecule has 44 heavy (non-hydrogen) atoms. The predicted molar refractivity (Wildman–Crippen MR) is 170 cm³/mol. The van der Waals surface area contributed by atoms with Crippen LogP contribution in [-0.2, 0) is 13.0 Å². The fourth-order valence-electron chi connectivity index (χ4n) is 7.69. The Kier molecular flexibility index (Phi) is 11.0. The summed E-state index contributed by atoms with van der Waals surface area (Å²) in [4.78, 5) is 15.8. The summed E-state index contributed by atoms with van der Waals surface area (Å²) in [6, 6.07) is 12.9. The summed E-state index contributed by atoms with van der Waals surface area (Å²) in [5, 5.41) is 47.1. The number of carboxylic acids is 1. The first-order chi connectivity index (χ1) is 21.3. The molecule has 3 aliphatic rings. The predicted octanol–water partition coefficient (Wildman–Crippen LogP) is 3.97. The molecule has 3 fully saturated rings. The van der Waals surface area contributed by atoms with Gasteiger partial charge in [0.2, 0.25) is 0 Å². The summed E-state index contributed by atoms with van der Waals surface area (Å²) in [6.45, 7) is 5.26. The zero-order valence-corrected chi connectivity index (χ0v) is 26.3. The van der Waals surface area contributed by atoms with Crippen molar-refractivity contribution in [3.05, 3.63) is 64.7 Å². The highest BCUT2D eigenvalue weighted by atomic mass is 16.5. The first-order valence-corrected chi connectivity index (χ1v) is 16.5. The van der Waals surface area contributed by atoms with Crippen LogP contribution in [0.4, 0.5) is 0 Å². The molecule has 0 bridgehead atoms. The van der Waals surface area contributed by atoms with E-state index in [1.54, 1.807) is 19.2 Å². The van der Waals surface area contributed by atoms with Gasteiger partial charge in [0, 0.05) is 32.6 Å². The number of benzene rings is 2. The van der Waals surface area contributed by atoms with E-state index in [2.05, 4.69) is 46.3 Å². The lowest BCUT2D eigenvalue weighted by molar-refractivity contribution is -0.213. The van der Waals surface area contributed by atoms with Gasteiger partial charge in [0.25, 0.3) is 0 Å². The van der Waals surface area contributed by atoms with Gasteiger partial charge in [-0.25, -0.2) is 4.79 Å². The van der Waals surface area contributed by atoms with Gasteiger partial charge in [-0.15, -0.1) is 0 Å². The lowest BCUT2D eigenvalue weighted by Gasteiger charge is -2.59. The van der Waals surface area contributed by atoms with Gasteiger partial charge in [0.1, 0.15) is 18.2 Å². The Morgan fingerprint density at radius 1 is 1.05 bits per heavy atom. The van der Waals surface area contributed by atoms with E-state index < -0.39 is 36.1 Å². The van der Waals surface area contributed by atoms with E-state index in [9.17, 15) is 25.2 Å². The molecule has 0 radical (unpaired) electrons. The third-order valence-corrected chi connectivity index (χ3v) is 10.4. The van der Waals surface area contributed by atoms with Crippen LogP contribution in [0.5, 0.6) is 5.75 Å². The molecule has 9 heteroatoms.